The molecule has 3 rings (SSSR count). The van der Waals surface area contributed by atoms with Crippen molar-refractivity contribution in [1.82, 2.24) is 9.88 Å². The lowest BCUT2D eigenvalue weighted by atomic mass is 10.2. The number of nitrogens with zero attached hydrogens (tertiary/aromatic N) is 2. The standard InChI is InChI=1S/C17H17ClN2O4/c18-12-5-3-11(4-6-12)14-10-19-15(24-14)7-8-16(21)20-9-1-2-13(20)17(22)23/h3-6,10,13H,1-2,7-9H2,(H,22,23)/t13-/m0/s1. The Balaban J connectivity index is 1.60. The second-order valence-corrected chi connectivity index (χ2v) is 6.14. The summed E-state index contributed by atoms with van der Waals surface area (Å²) in [4.78, 5) is 29.0. The van der Waals surface area contributed by atoms with Crippen LogP contribution >= 0.6 is 11.6 Å². The largest absolute Gasteiger partial charge is 0.480 e. The number of aryl methyl sites for hydroxylation is 1. The number of oxazole rings is 1. The van der Waals surface area contributed by atoms with Gasteiger partial charge in [-0.25, -0.2) is 9.78 Å². The maximum Gasteiger partial charge on any atom is 0.326 e. The minimum Gasteiger partial charge on any atom is -0.480 e. The third-order valence-corrected chi connectivity index (χ3v) is 4.35. The van der Waals surface area contributed by atoms with Gasteiger partial charge in [0.25, 0.3) is 0 Å². The van der Waals surface area contributed by atoms with E-state index in [9.17, 15) is 9.59 Å². The van der Waals surface area contributed by atoms with E-state index >= 15 is 0 Å². The van der Waals surface area contributed by atoms with Crippen molar-refractivity contribution in [1.29, 1.82) is 0 Å². The molecular weight excluding hydrogens is 332 g/mol. The summed E-state index contributed by atoms with van der Waals surface area (Å²) in [6, 6.07) is 6.50. The number of carboxylic acid groups (broad SMARTS) is 1. The lowest BCUT2D eigenvalue weighted by molar-refractivity contribution is -0.148. The number of benzene rings is 1. The summed E-state index contributed by atoms with van der Waals surface area (Å²) < 4.78 is 5.66. The van der Waals surface area contributed by atoms with Crippen molar-refractivity contribution < 1.29 is 19.1 Å². The van der Waals surface area contributed by atoms with Crippen LogP contribution in [0.5, 0.6) is 0 Å². The molecule has 1 aromatic carbocycles. The van der Waals surface area contributed by atoms with Crippen molar-refractivity contribution in [2.24, 2.45) is 0 Å². The average molecular weight is 349 g/mol. The zero-order valence-electron chi connectivity index (χ0n) is 12.9. The number of halogens is 1. The van der Waals surface area contributed by atoms with E-state index < -0.39 is 12.0 Å². The Bertz CT molecular complexity index is 741. The summed E-state index contributed by atoms with van der Waals surface area (Å²) in [5.41, 5.74) is 0.856. The number of carboxylic acids is 1. The normalized spacial score (nSPS) is 17.2. The van der Waals surface area contributed by atoms with E-state index in [0.717, 1.165) is 12.0 Å². The van der Waals surface area contributed by atoms with Gasteiger partial charge in [-0.2, -0.15) is 0 Å². The van der Waals surface area contributed by atoms with E-state index in [1.165, 1.54) is 4.90 Å². The summed E-state index contributed by atoms with van der Waals surface area (Å²) in [6.45, 7) is 0.497. The molecule has 0 bridgehead atoms. The Morgan fingerprint density at radius 3 is 2.79 bits per heavy atom. The number of carbonyl (C=O) groups is 2. The molecule has 24 heavy (non-hydrogen) atoms. The lowest BCUT2D eigenvalue weighted by Gasteiger charge is -2.20. The van der Waals surface area contributed by atoms with Crippen LogP contribution in [0.1, 0.15) is 25.2 Å². The second kappa shape index (κ2) is 7.05. The molecule has 7 heteroatoms. The highest BCUT2D eigenvalue weighted by Crippen LogP contribution is 2.23. The zero-order valence-corrected chi connectivity index (χ0v) is 13.7. The van der Waals surface area contributed by atoms with Crippen LogP contribution in [0.3, 0.4) is 0 Å². The molecule has 6 nitrogen and oxygen atoms in total. The van der Waals surface area contributed by atoms with E-state index in [-0.39, 0.29) is 12.3 Å². The molecule has 2 aromatic rings. The number of rotatable bonds is 5. The minimum absolute atomic E-state index is 0.175. The molecule has 1 saturated heterocycles. The second-order valence-electron chi connectivity index (χ2n) is 5.71. The molecule has 1 atom stereocenters. The van der Waals surface area contributed by atoms with Crippen LogP contribution in [0.4, 0.5) is 0 Å². The maximum absolute atomic E-state index is 12.2. The SMILES string of the molecule is O=C(O)[C@@H]1CCCN1C(=O)CCc1ncc(-c2ccc(Cl)cc2)o1. The Hall–Kier alpha value is -2.34. The summed E-state index contributed by atoms with van der Waals surface area (Å²) in [5, 5.41) is 9.77. The smallest absolute Gasteiger partial charge is 0.326 e. The molecule has 0 unspecified atom stereocenters. The topological polar surface area (TPSA) is 83.6 Å². The Labute approximate surface area is 144 Å². The number of amides is 1. The Morgan fingerprint density at radius 1 is 1.33 bits per heavy atom. The average Bonchev–Trinajstić information content (AvgIpc) is 3.22. The molecule has 1 aromatic heterocycles. The first kappa shape index (κ1) is 16.5. The van der Waals surface area contributed by atoms with Gasteiger partial charge in [-0.3, -0.25) is 4.79 Å². The third kappa shape index (κ3) is 3.59. The monoisotopic (exact) mass is 348 g/mol. The van der Waals surface area contributed by atoms with Gasteiger partial charge in [-0.15, -0.1) is 0 Å². The number of hydrogen-bond acceptors (Lipinski definition) is 4. The number of hydrogen-bond donors (Lipinski definition) is 1. The maximum atomic E-state index is 12.2. The van der Waals surface area contributed by atoms with Crippen molar-refractivity contribution in [2.45, 2.75) is 31.7 Å². The molecule has 2 heterocycles. The molecule has 1 amide bonds. The van der Waals surface area contributed by atoms with Crippen LogP contribution in [-0.4, -0.2) is 39.5 Å². The first-order chi connectivity index (χ1) is 11.5. The van der Waals surface area contributed by atoms with Crippen LogP contribution < -0.4 is 0 Å². The Kier molecular flexibility index (Phi) is 4.85. The fourth-order valence-corrected chi connectivity index (χ4v) is 2.98. The first-order valence-corrected chi connectivity index (χ1v) is 8.15. The van der Waals surface area contributed by atoms with Crippen molar-refractivity contribution >= 4 is 23.5 Å². The van der Waals surface area contributed by atoms with Crippen LogP contribution in [0, 0.1) is 0 Å². The van der Waals surface area contributed by atoms with Gasteiger partial charge in [0.05, 0.1) is 6.20 Å². The van der Waals surface area contributed by atoms with E-state index in [1.807, 2.05) is 12.1 Å². The summed E-state index contributed by atoms with van der Waals surface area (Å²) in [7, 11) is 0. The first-order valence-electron chi connectivity index (χ1n) is 7.77. The number of carbonyl (C=O) groups excluding carboxylic acids is 1. The number of aliphatic carboxylic acids is 1. The van der Waals surface area contributed by atoms with Gasteiger partial charge in [-0.1, -0.05) is 11.6 Å². The van der Waals surface area contributed by atoms with E-state index in [4.69, 9.17) is 21.1 Å². The fourth-order valence-electron chi connectivity index (χ4n) is 2.85. The number of aromatic nitrogens is 1. The van der Waals surface area contributed by atoms with Crippen LogP contribution in [-0.2, 0) is 16.0 Å². The molecule has 1 aliphatic heterocycles. The summed E-state index contributed by atoms with van der Waals surface area (Å²) in [5.74, 6) is -0.0498. The van der Waals surface area contributed by atoms with Gasteiger partial charge in [0.1, 0.15) is 6.04 Å². The van der Waals surface area contributed by atoms with Crippen molar-refractivity contribution in [3.05, 3.63) is 41.4 Å². The van der Waals surface area contributed by atoms with Crippen LogP contribution in [0.2, 0.25) is 5.02 Å². The van der Waals surface area contributed by atoms with Crippen LogP contribution in [0.25, 0.3) is 11.3 Å². The predicted molar refractivity (Wildman–Crippen MR) is 87.6 cm³/mol. The minimum atomic E-state index is -0.943. The van der Waals surface area contributed by atoms with Gasteiger partial charge < -0.3 is 14.4 Å². The highest BCUT2D eigenvalue weighted by Gasteiger charge is 2.33. The zero-order chi connectivity index (χ0) is 17.1. The third-order valence-electron chi connectivity index (χ3n) is 4.09. The highest BCUT2D eigenvalue weighted by atomic mass is 35.5. The Morgan fingerprint density at radius 2 is 2.08 bits per heavy atom. The molecule has 1 fully saturated rings. The van der Waals surface area contributed by atoms with E-state index in [1.54, 1.807) is 18.3 Å². The summed E-state index contributed by atoms with van der Waals surface area (Å²) >= 11 is 5.85. The van der Waals surface area contributed by atoms with Crippen LogP contribution in [0.15, 0.2) is 34.9 Å². The molecule has 0 spiro atoms. The molecule has 1 N–H and O–H groups in total. The molecular formula is C17H17ClN2O4. The van der Waals surface area contributed by atoms with Crippen molar-refractivity contribution in [2.75, 3.05) is 6.54 Å². The molecule has 0 radical (unpaired) electrons. The van der Waals surface area contributed by atoms with Gasteiger partial charge in [0.15, 0.2) is 11.7 Å². The van der Waals surface area contributed by atoms with Crippen molar-refractivity contribution in [3.8, 4) is 11.3 Å². The van der Waals surface area contributed by atoms with Gasteiger partial charge in [0, 0.05) is 30.0 Å². The van der Waals surface area contributed by atoms with Gasteiger partial charge in [-0.05, 0) is 37.1 Å². The van der Waals surface area contributed by atoms with E-state index in [2.05, 4.69) is 4.98 Å². The molecule has 0 saturated carbocycles. The van der Waals surface area contributed by atoms with Crippen molar-refractivity contribution in [3.63, 3.8) is 0 Å². The summed E-state index contributed by atoms with van der Waals surface area (Å²) in [6.07, 6.45) is 3.38. The lowest BCUT2D eigenvalue weighted by Crippen LogP contribution is -2.40. The highest BCUT2D eigenvalue weighted by molar-refractivity contribution is 6.30. The fraction of sp³-hybridized carbons (Fsp3) is 0.353. The van der Waals surface area contributed by atoms with Gasteiger partial charge >= 0.3 is 5.97 Å². The number of likely N-dealkylation sites (tertiary alicyclic amines) is 1. The predicted octanol–water partition coefficient (Wildman–Crippen LogP) is 3.00. The van der Waals surface area contributed by atoms with Gasteiger partial charge in [0.2, 0.25) is 5.91 Å². The molecule has 0 aliphatic carbocycles. The quantitative estimate of drug-likeness (QED) is 0.898. The molecule has 1 aliphatic rings. The van der Waals surface area contributed by atoms with E-state index in [0.29, 0.717) is 36.1 Å². The molecule has 126 valence electrons.